The summed E-state index contributed by atoms with van der Waals surface area (Å²) in [7, 11) is 0. The van der Waals surface area contributed by atoms with Gasteiger partial charge in [-0.1, -0.05) is 30.3 Å². The van der Waals surface area contributed by atoms with Crippen molar-refractivity contribution >= 4 is 16.9 Å². The standard InChI is InChI=1S/C25H22O5.K.H2O/c1-16(2)29-20-12-13-22-21(14-20)23(25(26)27)24(30-22)18-8-10-19(11-9-18)28-15-17-6-4-3-5-7-17;;/h3-14,16H,15H2,1-2H3,(H,26,27);;1H2/q;+1;/p-1. The third kappa shape index (κ3) is 6.01. The number of rotatable bonds is 7. The fourth-order valence-electron chi connectivity index (χ4n) is 3.28. The average molecular weight is 459 g/mol. The van der Waals surface area contributed by atoms with Crippen LogP contribution in [0, 0.1) is 0 Å². The third-order valence-corrected chi connectivity index (χ3v) is 4.61. The minimum Gasteiger partial charge on any atom is -0.870 e. The number of carboxylic acids is 1. The Balaban J connectivity index is 0.00000181. The molecule has 0 bridgehead atoms. The number of furan rings is 1. The van der Waals surface area contributed by atoms with Crippen LogP contribution < -0.4 is 60.9 Å². The van der Waals surface area contributed by atoms with Crippen molar-refractivity contribution in [1.82, 2.24) is 0 Å². The van der Waals surface area contributed by atoms with Crippen LogP contribution in [-0.2, 0) is 6.61 Å². The van der Waals surface area contributed by atoms with Crippen molar-refractivity contribution in [3.8, 4) is 22.8 Å². The maximum Gasteiger partial charge on any atom is 1.00 e. The van der Waals surface area contributed by atoms with Crippen molar-refractivity contribution in [2.24, 2.45) is 0 Å². The Kier molecular flexibility index (Phi) is 9.51. The molecule has 0 aliphatic carbocycles. The van der Waals surface area contributed by atoms with Gasteiger partial charge >= 0.3 is 57.4 Å². The zero-order valence-electron chi connectivity index (χ0n) is 18.2. The summed E-state index contributed by atoms with van der Waals surface area (Å²) < 4.78 is 17.4. The maximum absolute atomic E-state index is 12.0. The zero-order chi connectivity index (χ0) is 21.1. The summed E-state index contributed by atoms with van der Waals surface area (Å²) in [4.78, 5) is 12.0. The molecule has 0 saturated carbocycles. The summed E-state index contributed by atoms with van der Waals surface area (Å²) in [6.07, 6.45) is -0.00877. The summed E-state index contributed by atoms with van der Waals surface area (Å²) in [6, 6.07) is 22.3. The van der Waals surface area contributed by atoms with Gasteiger partial charge in [0, 0.05) is 10.9 Å². The van der Waals surface area contributed by atoms with E-state index in [0.717, 1.165) is 5.56 Å². The molecule has 1 aromatic heterocycles. The molecule has 7 heteroatoms. The molecular formula is C25H23KO6. The predicted molar refractivity (Wildman–Crippen MR) is 117 cm³/mol. The van der Waals surface area contributed by atoms with Crippen molar-refractivity contribution in [2.75, 3.05) is 0 Å². The summed E-state index contributed by atoms with van der Waals surface area (Å²) in [5.41, 5.74) is 2.37. The molecule has 0 atom stereocenters. The molecule has 4 rings (SSSR count). The molecule has 3 aromatic carbocycles. The Hall–Kier alpha value is -2.13. The van der Waals surface area contributed by atoms with E-state index < -0.39 is 5.97 Å². The second-order valence-corrected chi connectivity index (χ2v) is 7.23. The third-order valence-electron chi connectivity index (χ3n) is 4.61. The van der Waals surface area contributed by atoms with Gasteiger partial charge in [0.2, 0.25) is 0 Å². The molecular weight excluding hydrogens is 435 g/mol. The number of hydrogen-bond acceptors (Lipinski definition) is 5. The zero-order valence-corrected chi connectivity index (χ0v) is 21.4. The first-order valence-corrected chi connectivity index (χ1v) is 9.75. The van der Waals surface area contributed by atoms with E-state index in [0.29, 0.717) is 40.4 Å². The van der Waals surface area contributed by atoms with Crippen LogP contribution in [0.15, 0.2) is 77.2 Å². The maximum atomic E-state index is 12.0. The van der Waals surface area contributed by atoms with Gasteiger partial charge in [0.05, 0.1) is 6.10 Å². The van der Waals surface area contributed by atoms with Crippen molar-refractivity contribution in [2.45, 2.75) is 26.6 Å². The Bertz CT molecular complexity index is 1170. The molecule has 0 unspecified atom stereocenters. The fourth-order valence-corrected chi connectivity index (χ4v) is 3.28. The molecule has 4 aromatic rings. The SMILES string of the molecule is CC(C)Oc1ccc2oc(-c3ccc(OCc4ccccc4)cc3)c(C(=O)O)c2c1.[K+].[OH-]. The molecule has 160 valence electrons. The normalized spacial score (nSPS) is 10.3. The quantitative estimate of drug-likeness (QED) is 0.428. The van der Waals surface area contributed by atoms with E-state index in [1.165, 1.54) is 0 Å². The molecule has 2 N–H and O–H groups in total. The van der Waals surface area contributed by atoms with Crippen LogP contribution in [0.25, 0.3) is 22.3 Å². The van der Waals surface area contributed by atoms with Crippen LogP contribution in [0.4, 0.5) is 0 Å². The van der Waals surface area contributed by atoms with Crippen molar-refractivity contribution in [3.05, 3.63) is 83.9 Å². The fraction of sp³-hybridized carbons (Fsp3) is 0.160. The topological polar surface area (TPSA) is 98.9 Å². The summed E-state index contributed by atoms with van der Waals surface area (Å²) in [5.74, 6) is 0.573. The Morgan fingerprint density at radius 2 is 1.62 bits per heavy atom. The monoisotopic (exact) mass is 458 g/mol. The number of hydrogen-bond donors (Lipinski definition) is 1. The first-order chi connectivity index (χ1) is 14.5. The van der Waals surface area contributed by atoms with Crippen molar-refractivity contribution in [1.29, 1.82) is 0 Å². The predicted octanol–water partition coefficient (Wildman–Crippen LogP) is 2.99. The van der Waals surface area contributed by atoms with Gasteiger partial charge in [0.25, 0.3) is 0 Å². The Morgan fingerprint density at radius 1 is 0.969 bits per heavy atom. The summed E-state index contributed by atoms with van der Waals surface area (Å²) in [6.45, 7) is 4.30. The van der Waals surface area contributed by atoms with Gasteiger partial charge in [-0.05, 0) is 61.9 Å². The van der Waals surface area contributed by atoms with Gasteiger partial charge in [-0.2, -0.15) is 0 Å². The second kappa shape index (κ2) is 11.6. The van der Waals surface area contributed by atoms with Crippen LogP contribution in [0.1, 0.15) is 29.8 Å². The summed E-state index contributed by atoms with van der Waals surface area (Å²) >= 11 is 0. The van der Waals surface area contributed by atoms with Crippen LogP contribution in [0.3, 0.4) is 0 Å². The first kappa shape index (κ1) is 26.1. The number of aromatic carboxylic acids is 1. The largest absolute Gasteiger partial charge is 1.00 e. The molecule has 32 heavy (non-hydrogen) atoms. The van der Waals surface area contributed by atoms with Crippen LogP contribution >= 0.6 is 0 Å². The molecule has 1 heterocycles. The van der Waals surface area contributed by atoms with E-state index in [1.807, 2.05) is 56.3 Å². The van der Waals surface area contributed by atoms with Crippen LogP contribution in [0.5, 0.6) is 11.5 Å². The first-order valence-electron chi connectivity index (χ1n) is 9.75. The van der Waals surface area contributed by atoms with Gasteiger partial charge in [-0.15, -0.1) is 0 Å². The van der Waals surface area contributed by atoms with Crippen LogP contribution in [-0.4, -0.2) is 22.7 Å². The summed E-state index contributed by atoms with van der Waals surface area (Å²) in [5, 5.41) is 10.3. The van der Waals surface area contributed by atoms with E-state index in [-0.39, 0.29) is 68.5 Å². The minimum atomic E-state index is -1.05. The number of ether oxygens (including phenoxy) is 2. The molecule has 0 spiro atoms. The molecule has 0 saturated heterocycles. The number of fused-ring (bicyclic) bond motifs is 1. The molecule has 0 aliphatic rings. The Morgan fingerprint density at radius 3 is 2.25 bits per heavy atom. The van der Waals surface area contributed by atoms with E-state index in [9.17, 15) is 9.90 Å². The molecule has 0 amide bonds. The molecule has 0 fully saturated rings. The smallest absolute Gasteiger partial charge is 0.870 e. The molecule has 0 aliphatic heterocycles. The number of benzene rings is 3. The van der Waals surface area contributed by atoms with E-state index >= 15 is 0 Å². The average Bonchev–Trinajstić information content (AvgIpc) is 3.12. The van der Waals surface area contributed by atoms with Gasteiger partial charge < -0.3 is 24.5 Å². The number of carboxylic acid groups (broad SMARTS) is 1. The van der Waals surface area contributed by atoms with Gasteiger partial charge in [-0.25, -0.2) is 4.79 Å². The minimum absolute atomic E-state index is 0. The Labute approximate surface area is 228 Å². The van der Waals surface area contributed by atoms with Gasteiger partial charge in [0.1, 0.15) is 35.0 Å². The van der Waals surface area contributed by atoms with Crippen molar-refractivity contribution in [3.63, 3.8) is 0 Å². The number of carbonyl (C=O) groups is 1. The molecule has 0 radical (unpaired) electrons. The van der Waals surface area contributed by atoms with Crippen molar-refractivity contribution < 1.29 is 80.7 Å². The van der Waals surface area contributed by atoms with Crippen LogP contribution in [0.2, 0.25) is 0 Å². The molecule has 6 nitrogen and oxygen atoms in total. The van der Waals surface area contributed by atoms with Gasteiger partial charge in [0.15, 0.2) is 0 Å². The van der Waals surface area contributed by atoms with E-state index in [2.05, 4.69) is 0 Å². The van der Waals surface area contributed by atoms with E-state index in [4.69, 9.17) is 13.9 Å². The van der Waals surface area contributed by atoms with Gasteiger partial charge in [-0.3, -0.25) is 0 Å². The van der Waals surface area contributed by atoms with E-state index in [1.54, 1.807) is 30.3 Å². The second-order valence-electron chi connectivity index (χ2n) is 7.23.